The molecule has 2 amide bonds. The van der Waals surface area contributed by atoms with E-state index in [1.54, 1.807) is 53.1 Å². The summed E-state index contributed by atoms with van der Waals surface area (Å²) in [4.78, 5) is 27.2. The minimum absolute atomic E-state index is 0.149. The van der Waals surface area contributed by atoms with Crippen LogP contribution in [0.3, 0.4) is 0 Å². The Labute approximate surface area is 168 Å². The van der Waals surface area contributed by atoms with Gasteiger partial charge in [-0.2, -0.15) is 5.10 Å². The lowest BCUT2D eigenvalue weighted by Gasteiger charge is -2.18. The van der Waals surface area contributed by atoms with Crippen LogP contribution < -0.4 is 10.1 Å². The van der Waals surface area contributed by atoms with Gasteiger partial charge >= 0.3 is 0 Å². The fourth-order valence-corrected chi connectivity index (χ4v) is 3.38. The van der Waals surface area contributed by atoms with Crippen molar-refractivity contribution in [3.05, 3.63) is 65.4 Å². The molecule has 0 radical (unpaired) electrons. The molecule has 0 saturated heterocycles. The van der Waals surface area contributed by atoms with Crippen molar-refractivity contribution in [3.8, 4) is 5.75 Å². The Balaban J connectivity index is 1.51. The van der Waals surface area contributed by atoms with Crippen molar-refractivity contribution >= 4 is 17.5 Å². The number of anilines is 1. The number of carbonyl (C=O) groups excluding carboxylic acids is 2. The Bertz CT molecular complexity index is 1050. The highest BCUT2D eigenvalue weighted by atomic mass is 16.5. The summed E-state index contributed by atoms with van der Waals surface area (Å²) in [6, 6.07) is 10.6. The first kappa shape index (κ1) is 18.8. The van der Waals surface area contributed by atoms with Crippen LogP contribution in [0.5, 0.6) is 5.75 Å². The summed E-state index contributed by atoms with van der Waals surface area (Å²) in [7, 11) is 1.57. The predicted octanol–water partition coefficient (Wildman–Crippen LogP) is 3.09. The number of rotatable bonds is 4. The number of aromatic nitrogens is 2. The standard InChI is InChI=1S/C21H22N4O4/c1-14-7-10-29-19(14)21(27)24-8-4-9-25-16(13-24)12-18(23-25)20(26)22-15-5-3-6-17(11-15)28-2/h3,5-7,10-12H,4,8-9,13H2,1-2H3,(H,22,26). The van der Waals surface area contributed by atoms with Gasteiger partial charge in [-0.25, -0.2) is 0 Å². The number of methoxy groups -OCH3 is 1. The third-order valence-corrected chi connectivity index (χ3v) is 4.92. The van der Waals surface area contributed by atoms with Crippen LogP contribution in [0.15, 0.2) is 47.1 Å². The normalized spacial score (nSPS) is 13.5. The first-order chi connectivity index (χ1) is 14.0. The SMILES string of the molecule is COc1cccc(NC(=O)c2cc3n(n2)CCCN(C(=O)c2occc2C)C3)c1. The second kappa shape index (κ2) is 7.83. The number of nitrogens with zero attached hydrogens (tertiary/aromatic N) is 3. The fraction of sp³-hybridized carbons (Fsp3) is 0.286. The predicted molar refractivity (Wildman–Crippen MR) is 106 cm³/mol. The van der Waals surface area contributed by atoms with E-state index in [0.29, 0.717) is 42.5 Å². The highest BCUT2D eigenvalue weighted by Gasteiger charge is 2.25. The molecule has 0 spiro atoms. The molecule has 8 heteroatoms. The Morgan fingerprint density at radius 2 is 2.07 bits per heavy atom. The smallest absolute Gasteiger partial charge is 0.290 e. The van der Waals surface area contributed by atoms with Crippen molar-refractivity contribution in [3.63, 3.8) is 0 Å². The molecule has 3 aromatic rings. The van der Waals surface area contributed by atoms with Gasteiger partial charge in [-0.3, -0.25) is 14.3 Å². The molecule has 0 saturated carbocycles. The third kappa shape index (κ3) is 3.87. The van der Waals surface area contributed by atoms with Gasteiger partial charge in [-0.05, 0) is 37.6 Å². The summed E-state index contributed by atoms with van der Waals surface area (Å²) in [5.41, 5.74) is 2.57. The van der Waals surface area contributed by atoms with Crippen molar-refractivity contribution in [2.45, 2.75) is 26.4 Å². The van der Waals surface area contributed by atoms with E-state index in [4.69, 9.17) is 9.15 Å². The van der Waals surface area contributed by atoms with Gasteiger partial charge in [0.15, 0.2) is 11.5 Å². The number of benzene rings is 1. The van der Waals surface area contributed by atoms with Gasteiger partial charge in [0.05, 0.1) is 25.6 Å². The third-order valence-electron chi connectivity index (χ3n) is 4.92. The molecule has 4 rings (SSSR count). The number of ether oxygens (including phenoxy) is 1. The molecule has 1 aliphatic heterocycles. The molecule has 150 valence electrons. The maximum absolute atomic E-state index is 12.8. The molecule has 0 unspecified atom stereocenters. The Morgan fingerprint density at radius 3 is 2.83 bits per heavy atom. The quantitative estimate of drug-likeness (QED) is 0.734. The maximum atomic E-state index is 12.8. The van der Waals surface area contributed by atoms with Crippen molar-refractivity contribution in [1.82, 2.24) is 14.7 Å². The molecule has 1 aromatic carbocycles. The molecule has 0 aliphatic carbocycles. The van der Waals surface area contributed by atoms with Gasteiger partial charge < -0.3 is 19.4 Å². The molecule has 3 heterocycles. The second-order valence-electron chi connectivity index (χ2n) is 6.94. The zero-order valence-corrected chi connectivity index (χ0v) is 16.3. The molecule has 1 N–H and O–H groups in total. The zero-order chi connectivity index (χ0) is 20.4. The van der Waals surface area contributed by atoms with Crippen LogP contribution in [-0.4, -0.2) is 40.1 Å². The van der Waals surface area contributed by atoms with Gasteiger partial charge in [0.2, 0.25) is 0 Å². The largest absolute Gasteiger partial charge is 0.497 e. The van der Waals surface area contributed by atoms with E-state index in [1.165, 1.54) is 6.26 Å². The van der Waals surface area contributed by atoms with E-state index in [-0.39, 0.29) is 11.8 Å². The topological polar surface area (TPSA) is 89.6 Å². The molecule has 0 fully saturated rings. The zero-order valence-electron chi connectivity index (χ0n) is 16.3. The first-order valence-electron chi connectivity index (χ1n) is 9.40. The van der Waals surface area contributed by atoms with Gasteiger partial charge in [0.1, 0.15) is 5.75 Å². The van der Waals surface area contributed by atoms with E-state index in [0.717, 1.165) is 17.7 Å². The number of fused-ring (bicyclic) bond motifs is 1. The van der Waals surface area contributed by atoms with Gasteiger partial charge in [0.25, 0.3) is 11.8 Å². The fourth-order valence-electron chi connectivity index (χ4n) is 3.38. The van der Waals surface area contributed by atoms with Crippen LogP contribution >= 0.6 is 0 Å². The van der Waals surface area contributed by atoms with Crippen molar-refractivity contribution in [2.75, 3.05) is 19.0 Å². The van der Waals surface area contributed by atoms with Gasteiger partial charge in [0, 0.05) is 30.4 Å². The molecule has 0 atom stereocenters. The molecular formula is C21H22N4O4. The minimum Gasteiger partial charge on any atom is -0.497 e. The lowest BCUT2D eigenvalue weighted by molar-refractivity contribution is 0.0712. The van der Waals surface area contributed by atoms with Crippen molar-refractivity contribution in [2.24, 2.45) is 0 Å². The average Bonchev–Trinajstić information content (AvgIpc) is 3.28. The lowest BCUT2D eigenvalue weighted by Crippen LogP contribution is -2.30. The summed E-state index contributed by atoms with van der Waals surface area (Å²) in [6.07, 6.45) is 2.27. The van der Waals surface area contributed by atoms with Crippen LogP contribution in [0.1, 0.15) is 38.7 Å². The number of aryl methyl sites for hydroxylation is 2. The number of hydrogen-bond acceptors (Lipinski definition) is 5. The summed E-state index contributed by atoms with van der Waals surface area (Å²) >= 11 is 0. The minimum atomic E-state index is -0.307. The van der Waals surface area contributed by atoms with E-state index < -0.39 is 0 Å². The average molecular weight is 394 g/mol. The highest BCUT2D eigenvalue weighted by Crippen LogP contribution is 2.20. The van der Waals surface area contributed by atoms with E-state index in [2.05, 4.69) is 10.4 Å². The van der Waals surface area contributed by atoms with Crippen LogP contribution in [0.2, 0.25) is 0 Å². The van der Waals surface area contributed by atoms with Crippen LogP contribution in [-0.2, 0) is 13.1 Å². The Hall–Kier alpha value is -3.55. The molecule has 8 nitrogen and oxygen atoms in total. The lowest BCUT2D eigenvalue weighted by atomic mass is 10.2. The first-order valence-corrected chi connectivity index (χ1v) is 9.40. The Morgan fingerprint density at radius 1 is 1.21 bits per heavy atom. The summed E-state index contributed by atoms with van der Waals surface area (Å²) < 4.78 is 12.3. The molecule has 0 bridgehead atoms. The number of furan rings is 1. The highest BCUT2D eigenvalue weighted by molar-refractivity contribution is 6.03. The van der Waals surface area contributed by atoms with E-state index in [1.807, 2.05) is 6.92 Å². The molecular weight excluding hydrogens is 372 g/mol. The monoisotopic (exact) mass is 394 g/mol. The van der Waals surface area contributed by atoms with Gasteiger partial charge in [-0.15, -0.1) is 0 Å². The number of amides is 2. The number of carbonyl (C=O) groups is 2. The Kier molecular flexibility index (Phi) is 5.07. The van der Waals surface area contributed by atoms with E-state index in [9.17, 15) is 9.59 Å². The number of hydrogen-bond donors (Lipinski definition) is 1. The number of nitrogens with one attached hydrogen (secondary N) is 1. The van der Waals surface area contributed by atoms with E-state index >= 15 is 0 Å². The molecule has 2 aromatic heterocycles. The maximum Gasteiger partial charge on any atom is 0.290 e. The van der Waals surface area contributed by atoms with Crippen LogP contribution in [0.25, 0.3) is 0 Å². The van der Waals surface area contributed by atoms with Crippen LogP contribution in [0.4, 0.5) is 5.69 Å². The van der Waals surface area contributed by atoms with Gasteiger partial charge in [-0.1, -0.05) is 6.07 Å². The van der Waals surface area contributed by atoms with Crippen LogP contribution in [0, 0.1) is 6.92 Å². The molecule has 29 heavy (non-hydrogen) atoms. The second-order valence-corrected chi connectivity index (χ2v) is 6.94. The molecule has 1 aliphatic rings. The summed E-state index contributed by atoms with van der Waals surface area (Å²) in [6.45, 7) is 3.47. The summed E-state index contributed by atoms with van der Waals surface area (Å²) in [5.74, 6) is 0.558. The van der Waals surface area contributed by atoms with Crippen molar-refractivity contribution in [1.29, 1.82) is 0 Å². The van der Waals surface area contributed by atoms with Crippen molar-refractivity contribution < 1.29 is 18.7 Å². The summed E-state index contributed by atoms with van der Waals surface area (Å²) in [5, 5.41) is 7.27.